The molecule has 1 atom stereocenters. The number of hydrogen-bond acceptors (Lipinski definition) is 4. The highest BCUT2D eigenvalue weighted by Gasteiger charge is 2.12. The topological polar surface area (TPSA) is 64.3 Å². The van der Waals surface area contributed by atoms with E-state index in [9.17, 15) is 9.90 Å². The Hall–Kier alpha value is -1.85. The number of esters is 1. The largest absolute Gasteiger partial charge is 0.462 e. The summed E-state index contributed by atoms with van der Waals surface area (Å²) in [5, 5.41) is 14.0. The van der Waals surface area contributed by atoms with Crippen molar-refractivity contribution < 1.29 is 14.6 Å². The first-order valence-electron chi connectivity index (χ1n) is 6.22. The Morgan fingerprint density at radius 3 is 2.90 bits per heavy atom. The molecule has 0 bridgehead atoms. The second-order valence-electron chi connectivity index (χ2n) is 4.28. The number of aliphatic hydroxyl groups is 1. The summed E-state index contributed by atoms with van der Waals surface area (Å²) in [6, 6.07) is 5.18. The summed E-state index contributed by atoms with van der Waals surface area (Å²) in [6.45, 7) is 3.72. The molecule has 0 radical (unpaired) electrons. The lowest BCUT2D eigenvalue weighted by Crippen LogP contribution is -2.03. The summed E-state index contributed by atoms with van der Waals surface area (Å²) in [5.74, 6) is -0.421. The van der Waals surface area contributed by atoms with E-state index in [4.69, 9.17) is 16.3 Å². The normalized spacial score (nSPS) is 12.2. The lowest BCUT2D eigenvalue weighted by atomic mass is 10.1. The lowest BCUT2D eigenvalue weighted by molar-refractivity contribution is 0.0526. The fourth-order valence-electron chi connectivity index (χ4n) is 1.74. The van der Waals surface area contributed by atoms with Gasteiger partial charge in [-0.2, -0.15) is 5.10 Å². The number of carbonyl (C=O) groups excluding carboxylic acids is 1. The standard InChI is InChI=1S/C14H15ClN2O3/c1-3-20-14(19)11-7-16-17(8-11)13-5-4-10(9(2)18)6-12(13)15/h4-9,18H,3H2,1-2H3/t9-/m1/s1. The van der Waals surface area contributed by atoms with Crippen molar-refractivity contribution in [3.63, 3.8) is 0 Å². The molecular formula is C14H15ClN2O3. The summed E-state index contributed by atoms with van der Waals surface area (Å²) in [6.07, 6.45) is 2.40. The maximum Gasteiger partial charge on any atom is 0.341 e. The van der Waals surface area contributed by atoms with Crippen LogP contribution in [0, 0.1) is 0 Å². The molecule has 106 valence electrons. The zero-order valence-corrected chi connectivity index (χ0v) is 12.0. The van der Waals surface area contributed by atoms with Gasteiger partial charge in [0.05, 0.1) is 35.2 Å². The Labute approximate surface area is 121 Å². The van der Waals surface area contributed by atoms with E-state index in [1.54, 1.807) is 38.2 Å². The van der Waals surface area contributed by atoms with Crippen molar-refractivity contribution in [3.8, 4) is 5.69 Å². The van der Waals surface area contributed by atoms with Crippen molar-refractivity contribution in [2.75, 3.05) is 6.61 Å². The van der Waals surface area contributed by atoms with Gasteiger partial charge in [-0.25, -0.2) is 9.48 Å². The van der Waals surface area contributed by atoms with Crippen molar-refractivity contribution >= 4 is 17.6 Å². The predicted octanol–water partition coefficient (Wildman–Crippen LogP) is 2.76. The molecule has 0 amide bonds. The van der Waals surface area contributed by atoms with Crippen LogP contribution in [0.2, 0.25) is 5.02 Å². The summed E-state index contributed by atoms with van der Waals surface area (Å²) in [7, 11) is 0. The molecule has 0 aliphatic carbocycles. The maximum absolute atomic E-state index is 11.6. The number of hydrogen-bond donors (Lipinski definition) is 1. The smallest absolute Gasteiger partial charge is 0.341 e. The number of halogens is 1. The molecule has 1 heterocycles. The molecule has 5 nitrogen and oxygen atoms in total. The quantitative estimate of drug-likeness (QED) is 0.881. The molecular weight excluding hydrogens is 280 g/mol. The average Bonchev–Trinajstić information content (AvgIpc) is 2.88. The predicted molar refractivity (Wildman–Crippen MR) is 75.2 cm³/mol. The van der Waals surface area contributed by atoms with Crippen molar-refractivity contribution in [1.29, 1.82) is 0 Å². The van der Waals surface area contributed by atoms with E-state index >= 15 is 0 Å². The van der Waals surface area contributed by atoms with E-state index in [0.29, 0.717) is 22.9 Å². The van der Waals surface area contributed by atoms with Crippen LogP contribution in [-0.2, 0) is 4.74 Å². The molecule has 0 saturated heterocycles. The fourth-order valence-corrected chi connectivity index (χ4v) is 2.02. The van der Waals surface area contributed by atoms with Crippen LogP contribution in [0.3, 0.4) is 0 Å². The van der Waals surface area contributed by atoms with Gasteiger partial charge < -0.3 is 9.84 Å². The number of aromatic nitrogens is 2. The molecule has 0 aliphatic heterocycles. The second kappa shape index (κ2) is 6.07. The van der Waals surface area contributed by atoms with Crippen LogP contribution in [0.1, 0.15) is 35.9 Å². The average molecular weight is 295 g/mol. The minimum Gasteiger partial charge on any atom is -0.462 e. The highest BCUT2D eigenvalue weighted by Crippen LogP contribution is 2.24. The highest BCUT2D eigenvalue weighted by atomic mass is 35.5. The monoisotopic (exact) mass is 294 g/mol. The molecule has 1 aromatic carbocycles. The Morgan fingerprint density at radius 2 is 2.30 bits per heavy atom. The first kappa shape index (κ1) is 14.6. The summed E-state index contributed by atoms with van der Waals surface area (Å²) >= 11 is 6.17. The van der Waals surface area contributed by atoms with Gasteiger partial charge in [-0.15, -0.1) is 0 Å². The first-order valence-corrected chi connectivity index (χ1v) is 6.60. The van der Waals surface area contributed by atoms with Gasteiger partial charge in [0.2, 0.25) is 0 Å². The van der Waals surface area contributed by atoms with E-state index in [0.717, 1.165) is 5.56 Å². The molecule has 0 saturated carbocycles. The van der Waals surface area contributed by atoms with Gasteiger partial charge in [-0.05, 0) is 31.5 Å². The number of benzene rings is 1. The highest BCUT2D eigenvalue weighted by molar-refractivity contribution is 6.32. The Balaban J connectivity index is 2.30. The van der Waals surface area contributed by atoms with E-state index in [2.05, 4.69) is 5.10 Å². The molecule has 1 aromatic heterocycles. The fraction of sp³-hybridized carbons (Fsp3) is 0.286. The number of carbonyl (C=O) groups is 1. The van der Waals surface area contributed by atoms with E-state index in [-0.39, 0.29) is 0 Å². The van der Waals surface area contributed by atoms with Crippen LogP contribution in [0.5, 0.6) is 0 Å². The van der Waals surface area contributed by atoms with Gasteiger partial charge in [0.1, 0.15) is 0 Å². The summed E-state index contributed by atoms with van der Waals surface area (Å²) in [4.78, 5) is 11.6. The van der Waals surface area contributed by atoms with Crippen LogP contribution in [0.4, 0.5) is 0 Å². The first-order chi connectivity index (χ1) is 9.52. The maximum atomic E-state index is 11.6. The second-order valence-corrected chi connectivity index (χ2v) is 4.69. The Kier molecular flexibility index (Phi) is 4.42. The number of nitrogens with zero attached hydrogens (tertiary/aromatic N) is 2. The molecule has 0 unspecified atom stereocenters. The van der Waals surface area contributed by atoms with E-state index in [1.807, 2.05) is 0 Å². The van der Waals surface area contributed by atoms with Gasteiger partial charge in [0.15, 0.2) is 0 Å². The van der Waals surface area contributed by atoms with Crippen LogP contribution in [0.25, 0.3) is 5.69 Å². The molecule has 20 heavy (non-hydrogen) atoms. The van der Waals surface area contributed by atoms with Crippen LogP contribution >= 0.6 is 11.6 Å². The van der Waals surface area contributed by atoms with E-state index in [1.165, 1.54) is 10.9 Å². The van der Waals surface area contributed by atoms with Crippen LogP contribution < -0.4 is 0 Å². The molecule has 0 aliphatic rings. The number of ether oxygens (including phenoxy) is 1. The lowest BCUT2D eigenvalue weighted by Gasteiger charge is -2.09. The minimum atomic E-state index is -0.589. The number of rotatable bonds is 4. The van der Waals surface area contributed by atoms with Crippen molar-refractivity contribution in [2.45, 2.75) is 20.0 Å². The Morgan fingerprint density at radius 1 is 1.55 bits per heavy atom. The van der Waals surface area contributed by atoms with E-state index < -0.39 is 12.1 Å². The van der Waals surface area contributed by atoms with Crippen LogP contribution in [0.15, 0.2) is 30.6 Å². The molecule has 1 N–H and O–H groups in total. The molecule has 0 fully saturated rings. The third kappa shape index (κ3) is 3.00. The third-order valence-corrected chi connectivity index (χ3v) is 3.10. The minimum absolute atomic E-state index is 0.313. The third-order valence-electron chi connectivity index (χ3n) is 2.79. The van der Waals surface area contributed by atoms with Gasteiger partial charge >= 0.3 is 5.97 Å². The SMILES string of the molecule is CCOC(=O)c1cnn(-c2ccc([C@@H](C)O)cc2Cl)c1. The summed E-state index contributed by atoms with van der Waals surface area (Å²) < 4.78 is 6.40. The van der Waals surface area contributed by atoms with Crippen molar-refractivity contribution in [2.24, 2.45) is 0 Å². The van der Waals surface area contributed by atoms with Gasteiger partial charge in [0.25, 0.3) is 0 Å². The zero-order valence-electron chi connectivity index (χ0n) is 11.2. The van der Waals surface area contributed by atoms with Gasteiger partial charge in [0, 0.05) is 6.20 Å². The molecule has 6 heteroatoms. The number of aliphatic hydroxyl groups excluding tert-OH is 1. The molecule has 2 aromatic rings. The molecule has 2 rings (SSSR count). The summed E-state index contributed by atoms with van der Waals surface area (Å²) in [5.41, 5.74) is 1.71. The Bertz CT molecular complexity index is 623. The van der Waals surface area contributed by atoms with Crippen molar-refractivity contribution in [3.05, 3.63) is 46.7 Å². The van der Waals surface area contributed by atoms with Crippen molar-refractivity contribution in [1.82, 2.24) is 9.78 Å². The zero-order chi connectivity index (χ0) is 14.7. The van der Waals surface area contributed by atoms with Gasteiger partial charge in [-0.3, -0.25) is 0 Å². The van der Waals surface area contributed by atoms with Crippen LogP contribution in [-0.4, -0.2) is 27.5 Å². The van der Waals surface area contributed by atoms with Gasteiger partial charge in [-0.1, -0.05) is 17.7 Å². The molecule has 0 spiro atoms.